The number of ether oxygens (including phenoxy) is 1. The zero-order chi connectivity index (χ0) is 17.4. The molecule has 0 aliphatic heterocycles. The molecule has 0 spiro atoms. The third-order valence-electron chi connectivity index (χ3n) is 4.51. The van der Waals surface area contributed by atoms with Crippen LogP contribution in [0, 0.1) is 6.92 Å². The maximum Gasteiger partial charge on any atom is 0.337 e. The summed E-state index contributed by atoms with van der Waals surface area (Å²) in [4.78, 5) is 16.4. The van der Waals surface area contributed by atoms with Crippen molar-refractivity contribution in [2.75, 3.05) is 7.11 Å². The van der Waals surface area contributed by atoms with Crippen molar-refractivity contribution < 1.29 is 9.53 Å². The van der Waals surface area contributed by atoms with Crippen LogP contribution in [0.3, 0.4) is 0 Å². The van der Waals surface area contributed by atoms with Gasteiger partial charge < -0.3 is 4.74 Å². The maximum absolute atomic E-state index is 11.6. The first-order valence-corrected chi connectivity index (χ1v) is 8.16. The maximum atomic E-state index is 11.6. The third kappa shape index (κ3) is 2.54. The second-order valence-electron chi connectivity index (χ2n) is 6.04. The standard InChI is InChI=1S/C22H17NO2/c1-14-6-5-9-19-20(14)17-7-3-4-8-18(17)21(19)23-16-12-10-15(11-13-16)22(24)25-2/h3-13H,1-2H3. The number of nitrogens with zero attached hydrogens (tertiary/aromatic N) is 1. The topological polar surface area (TPSA) is 38.7 Å². The van der Waals surface area contributed by atoms with Crippen molar-refractivity contribution >= 4 is 17.4 Å². The quantitative estimate of drug-likeness (QED) is 0.490. The lowest BCUT2D eigenvalue weighted by molar-refractivity contribution is 0.0601. The van der Waals surface area contributed by atoms with Gasteiger partial charge in [-0.15, -0.1) is 0 Å². The number of methoxy groups -OCH3 is 1. The monoisotopic (exact) mass is 327 g/mol. The van der Waals surface area contributed by atoms with Gasteiger partial charge in [0.25, 0.3) is 0 Å². The molecule has 0 radical (unpaired) electrons. The van der Waals surface area contributed by atoms with Crippen LogP contribution < -0.4 is 0 Å². The predicted octanol–water partition coefficient (Wildman–Crippen LogP) is 4.93. The fourth-order valence-electron chi connectivity index (χ4n) is 3.31. The van der Waals surface area contributed by atoms with E-state index in [1.807, 2.05) is 18.2 Å². The molecule has 0 amide bonds. The number of fused-ring (bicyclic) bond motifs is 3. The van der Waals surface area contributed by atoms with Crippen LogP contribution in [0.1, 0.15) is 27.0 Å². The third-order valence-corrected chi connectivity index (χ3v) is 4.51. The Morgan fingerprint density at radius 3 is 2.24 bits per heavy atom. The van der Waals surface area contributed by atoms with Gasteiger partial charge in [-0.25, -0.2) is 9.79 Å². The van der Waals surface area contributed by atoms with Crippen molar-refractivity contribution in [3.8, 4) is 11.1 Å². The van der Waals surface area contributed by atoms with Gasteiger partial charge in [0, 0.05) is 11.1 Å². The Hall–Kier alpha value is -3.20. The van der Waals surface area contributed by atoms with E-state index in [4.69, 9.17) is 9.73 Å². The summed E-state index contributed by atoms with van der Waals surface area (Å²) in [5, 5.41) is 0. The van der Waals surface area contributed by atoms with Crippen molar-refractivity contribution in [2.24, 2.45) is 4.99 Å². The number of carbonyl (C=O) groups is 1. The molecule has 3 aromatic rings. The number of aryl methyl sites for hydroxylation is 1. The van der Waals surface area contributed by atoms with Gasteiger partial charge in [0.15, 0.2) is 0 Å². The number of esters is 1. The van der Waals surface area contributed by atoms with Gasteiger partial charge in [-0.1, -0.05) is 42.5 Å². The van der Waals surface area contributed by atoms with Crippen LogP contribution in [0.5, 0.6) is 0 Å². The van der Waals surface area contributed by atoms with E-state index in [2.05, 4.69) is 43.3 Å². The summed E-state index contributed by atoms with van der Waals surface area (Å²) in [6.45, 7) is 2.13. The van der Waals surface area contributed by atoms with Gasteiger partial charge >= 0.3 is 5.97 Å². The van der Waals surface area contributed by atoms with E-state index >= 15 is 0 Å². The molecular weight excluding hydrogens is 310 g/mol. The second-order valence-corrected chi connectivity index (χ2v) is 6.04. The summed E-state index contributed by atoms with van der Waals surface area (Å²) in [5.41, 5.74) is 8.32. The van der Waals surface area contributed by atoms with E-state index in [1.165, 1.54) is 23.8 Å². The average Bonchev–Trinajstić information content (AvgIpc) is 2.97. The number of benzene rings is 3. The van der Waals surface area contributed by atoms with Crippen LogP contribution in [0.2, 0.25) is 0 Å². The normalized spacial score (nSPS) is 13.4. The zero-order valence-corrected chi connectivity index (χ0v) is 14.1. The van der Waals surface area contributed by atoms with Crippen molar-refractivity contribution in [3.05, 3.63) is 89.0 Å². The highest BCUT2D eigenvalue weighted by atomic mass is 16.5. The zero-order valence-electron chi connectivity index (χ0n) is 14.1. The Balaban J connectivity index is 1.84. The van der Waals surface area contributed by atoms with E-state index in [0.29, 0.717) is 5.56 Å². The van der Waals surface area contributed by atoms with Crippen molar-refractivity contribution in [1.82, 2.24) is 0 Å². The molecule has 0 atom stereocenters. The molecule has 1 aliphatic carbocycles. The smallest absolute Gasteiger partial charge is 0.337 e. The summed E-state index contributed by atoms with van der Waals surface area (Å²) in [6.07, 6.45) is 0. The highest BCUT2D eigenvalue weighted by molar-refractivity contribution is 6.25. The molecule has 0 aromatic heterocycles. The Bertz CT molecular complexity index is 1000. The Kier molecular flexibility index (Phi) is 3.69. The molecule has 3 nitrogen and oxygen atoms in total. The minimum absolute atomic E-state index is 0.341. The van der Waals surface area contributed by atoms with Crippen LogP contribution >= 0.6 is 0 Å². The van der Waals surface area contributed by atoms with Gasteiger partial charge in [-0.05, 0) is 47.9 Å². The van der Waals surface area contributed by atoms with Crippen LogP contribution in [-0.4, -0.2) is 18.8 Å². The van der Waals surface area contributed by atoms with E-state index in [-0.39, 0.29) is 5.97 Å². The molecule has 0 saturated carbocycles. The molecule has 0 N–H and O–H groups in total. The molecule has 0 heterocycles. The molecule has 25 heavy (non-hydrogen) atoms. The van der Waals surface area contributed by atoms with Gasteiger partial charge in [-0.2, -0.15) is 0 Å². The number of rotatable bonds is 2. The number of hydrogen-bond donors (Lipinski definition) is 0. The predicted molar refractivity (Wildman–Crippen MR) is 99.7 cm³/mol. The first kappa shape index (κ1) is 15.3. The summed E-state index contributed by atoms with van der Waals surface area (Å²) < 4.78 is 4.74. The lowest BCUT2D eigenvalue weighted by atomic mass is 10.0. The molecule has 0 bridgehead atoms. The van der Waals surface area contributed by atoms with E-state index in [9.17, 15) is 4.79 Å². The summed E-state index contributed by atoms with van der Waals surface area (Å²) >= 11 is 0. The van der Waals surface area contributed by atoms with Gasteiger partial charge in [-0.3, -0.25) is 0 Å². The molecule has 3 heteroatoms. The first-order valence-electron chi connectivity index (χ1n) is 8.16. The summed E-state index contributed by atoms with van der Waals surface area (Å²) in [7, 11) is 1.38. The molecular formula is C22H17NO2. The molecule has 1 aliphatic rings. The molecule has 0 fully saturated rings. The SMILES string of the molecule is COC(=O)c1ccc(N=C2c3ccccc3-c3c(C)cccc32)cc1. The van der Waals surface area contributed by atoms with E-state index in [0.717, 1.165) is 22.5 Å². The average molecular weight is 327 g/mol. The van der Waals surface area contributed by atoms with Gasteiger partial charge in [0.05, 0.1) is 24.1 Å². The number of hydrogen-bond acceptors (Lipinski definition) is 3. The molecule has 4 rings (SSSR count). The molecule has 122 valence electrons. The minimum Gasteiger partial charge on any atom is -0.465 e. The Morgan fingerprint density at radius 1 is 0.840 bits per heavy atom. The van der Waals surface area contributed by atoms with Gasteiger partial charge in [0.1, 0.15) is 0 Å². The largest absolute Gasteiger partial charge is 0.465 e. The fraction of sp³-hybridized carbons (Fsp3) is 0.0909. The highest BCUT2D eigenvalue weighted by Crippen LogP contribution is 2.39. The minimum atomic E-state index is -0.341. The fourth-order valence-corrected chi connectivity index (χ4v) is 3.31. The lowest BCUT2D eigenvalue weighted by Crippen LogP contribution is -2.00. The first-order chi connectivity index (χ1) is 12.2. The van der Waals surface area contributed by atoms with E-state index < -0.39 is 0 Å². The summed E-state index contributed by atoms with van der Waals surface area (Å²) in [5.74, 6) is -0.341. The van der Waals surface area contributed by atoms with Crippen LogP contribution in [0.25, 0.3) is 11.1 Å². The summed E-state index contributed by atoms with van der Waals surface area (Å²) in [6, 6.07) is 21.8. The van der Waals surface area contributed by atoms with Gasteiger partial charge in [0.2, 0.25) is 0 Å². The van der Waals surface area contributed by atoms with Crippen molar-refractivity contribution in [3.63, 3.8) is 0 Å². The molecule has 0 saturated heterocycles. The molecule has 0 unspecified atom stereocenters. The van der Waals surface area contributed by atoms with Crippen molar-refractivity contribution in [1.29, 1.82) is 0 Å². The number of carbonyl (C=O) groups excluding carboxylic acids is 1. The van der Waals surface area contributed by atoms with Crippen molar-refractivity contribution in [2.45, 2.75) is 6.92 Å². The number of aliphatic imine (C=N–C) groups is 1. The molecule has 3 aromatic carbocycles. The van der Waals surface area contributed by atoms with Crippen LogP contribution in [0.15, 0.2) is 71.7 Å². The Morgan fingerprint density at radius 2 is 1.52 bits per heavy atom. The highest BCUT2D eigenvalue weighted by Gasteiger charge is 2.25. The lowest BCUT2D eigenvalue weighted by Gasteiger charge is -2.04. The van der Waals surface area contributed by atoms with Crippen LogP contribution in [-0.2, 0) is 4.74 Å². The van der Waals surface area contributed by atoms with Crippen LogP contribution in [0.4, 0.5) is 5.69 Å². The Labute approximate surface area is 146 Å². The van der Waals surface area contributed by atoms with E-state index in [1.54, 1.807) is 12.1 Å². The second kappa shape index (κ2) is 6.02.